The second kappa shape index (κ2) is 4.30. The van der Waals surface area contributed by atoms with E-state index >= 15 is 0 Å². The number of rotatable bonds is 5. The van der Waals surface area contributed by atoms with Gasteiger partial charge in [0.05, 0.1) is 5.92 Å². The Labute approximate surface area is 85.9 Å². The van der Waals surface area contributed by atoms with Crippen molar-refractivity contribution in [2.75, 3.05) is 6.54 Å². The van der Waals surface area contributed by atoms with Crippen LogP contribution in [0.5, 0.6) is 0 Å². The van der Waals surface area contributed by atoms with Crippen molar-refractivity contribution in [1.82, 2.24) is 5.32 Å². The third kappa shape index (κ3) is 2.71. The molecule has 0 spiro atoms. The summed E-state index contributed by atoms with van der Waals surface area (Å²) in [6.07, 6.45) is 3.86. The second-order valence-corrected chi connectivity index (χ2v) is 4.96. The summed E-state index contributed by atoms with van der Waals surface area (Å²) in [6.45, 7) is 6.91. The molecule has 3 nitrogen and oxygen atoms in total. The number of carboxylic acid groups (broad SMARTS) is 1. The quantitative estimate of drug-likeness (QED) is 0.710. The molecule has 14 heavy (non-hydrogen) atoms. The molecule has 1 saturated carbocycles. The van der Waals surface area contributed by atoms with E-state index in [1.165, 1.54) is 19.3 Å². The van der Waals surface area contributed by atoms with Crippen LogP contribution < -0.4 is 5.32 Å². The Kier molecular flexibility index (Phi) is 3.53. The molecule has 0 aromatic rings. The third-order valence-electron chi connectivity index (χ3n) is 3.55. The molecule has 0 saturated heterocycles. The van der Waals surface area contributed by atoms with Crippen molar-refractivity contribution in [3.8, 4) is 0 Å². The van der Waals surface area contributed by atoms with Gasteiger partial charge in [-0.2, -0.15) is 0 Å². The normalized spacial score (nSPS) is 23.6. The van der Waals surface area contributed by atoms with Crippen LogP contribution in [0.2, 0.25) is 0 Å². The van der Waals surface area contributed by atoms with Gasteiger partial charge in [-0.3, -0.25) is 4.79 Å². The van der Waals surface area contributed by atoms with E-state index in [2.05, 4.69) is 12.2 Å². The van der Waals surface area contributed by atoms with Crippen molar-refractivity contribution >= 4 is 5.97 Å². The fourth-order valence-corrected chi connectivity index (χ4v) is 1.76. The van der Waals surface area contributed by atoms with Gasteiger partial charge in [-0.05, 0) is 25.2 Å². The lowest BCUT2D eigenvalue weighted by atomic mass is 9.70. The number of hydrogen-bond donors (Lipinski definition) is 2. The summed E-state index contributed by atoms with van der Waals surface area (Å²) < 4.78 is 0. The SMILES string of the molecule is CC(NCC1(C)CCC1)C(C)C(=O)O. The van der Waals surface area contributed by atoms with Crippen molar-refractivity contribution in [3.63, 3.8) is 0 Å². The Morgan fingerprint density at radius 3 is 2.43 bits per heavy atom. The first-order valence-electron chi connectivity index (χ1n) is 5.41. The molecule has 0 radical (unpaired) electrons. The molecule has 0 bridgehead atoms. The molecule has 1 aliphatic rings. The highest BCUT2D eigenvalue weighted by molar-refractivity contribution is 5.70. The van der Waals surface area contributed by atoms with Gasteiger partial charge in [0.2, 0.25) is 0 Å². The topological polar surface area (TPSA) is 49.3 Å². The van der Waals surface area contributed by atoms with E-state index in [9.17, 15) is 4.79 Å². The summed E-state index contributed by atoms with van der Waals surface area (Å²) >= 11 is 0. The van der Waals surface area contributed by atoms with Crippen LogP contribution in [0.15, 0.2) is 0 Å². The minimum atomic E-state index is -0.719. The van der Waals surface area contributed by atoms with Gasteiger partial charge < -0.3 is 10.4 Å². The Morgan fingerprint density at radius 1 is 1.50 bits per heavy atom. The number of hydrogen-bond acceptors (Lipinski definition) is 2. The summed E-state index contributed by atoms with van der Waals surface area (Å²) in [4.78, 5) is 10.7. The molecule has 0 aromatic heterocycles. The molecular weight excluding hydrogens is 178 g/mol. The summed E-state index contributed by atoms with van der Waals surface area (Å²) in [5, 5.41) is 12.1. The first kappa shape index (κ1) is 11.5. The number of aliphatic carboxylic acids is 1. The zero-order chi connectivity index (χ0) is 10.8. The number of nitrogens with one attached hydrogen (secondary N) is 1. The predicted molar refractivity (Wildman–Crippen MR) is 56.2 cm³/mol. The maximum Gasteiger partial charge on any atom is 0.307 e. The molecule has 0 amide bonds. The van der Waals surface area contributed by atoms with Crippen LogP contribution in [0.3, 0.4) is 0 Å². The Hall–Kier alpha value is -0.570. The van der Waals surface area contributed by atoms with Crippen molar-refractivity contribution in [1.29, 1.82) is 0 Å². The zero-order valence-electron chi connectivity index (χ0n) is 9.34. The lowest BCUT2D eigenvalue weighted by Gasteiger charge is -2.39. The van der Waals surface area contributed by atoms with Gasteiger partial charge >= 0.3 is 5.97 Å². The smallest absolute Gasteiger partial charge is 0.307 e. The minimum absolute atomic E-state index is 0.0601. The van der Waals surface area contributed by atoms with E-state index in [-0.39, 0.29) is 12.0 Å². The van der Waals surface area contributed by atoms with Crippen molar-refractivity contribution in [2.24, 2.45) is 11.3 Å². The Morgan fingerprint density at radius 2 is 2.07 bits per heavy atom. The number of carbonyl (C=O) groups is 1. The van der Waals surface area contributed by atoms with Crippen molar-refractivity contribution in [2.45, 2.75) is 46.1 Å². The van der Waals surface area contributed by atoms with Crippen LogP contribution in [0, 0.1) is 11.3 Å². The fourth-order valence-electron chi connectivity index (χ4n) is 1.76. The summed E-state index contributed by atoms with van der Waals surface area (Å²) in [5.74, 6) is -1.03. The largest absolute Gasteiger partial charge is 0.481 e. The van der Waals surface area contributed by atoms with Gasteiger partial charge in [0.15, 0.2) is 0 Å². The first-order chi connectivity index (χ1) is 6.44. The van der Waals surface area contributed by atoms with Crippen LogP contribution in [-0.2, 0) is 4.79 Å². The van der Waals surface area contributed by atoms with Crippen LogP contribution in [-0.4, -0.2) is 23.7 Å². The first-order valence-corrected chi connectivity index (χ1v) is 5.41. The molecular formula is C11H21NO2. The average molecular weight is 199 g/mol. The fraction of sp³-hybridized carbons (Fsp3) is 0.909. The summed E-state index contributed by atoms with van der Waals surface area (Å²) in [7, 11) is 0. The summed E-state index contributed by atoms with van der Waals surface area (Å²) in [6, 6.07) is 0.0601. The monoisotopic (exact) mass is 199 g/mol. The molecule has 1 rings (SSSR count). The highest BCUT2D eigenvalue weighted by Gasteiger charge is 2.32. The molecule has 0 heterocycles. The highest BCUT2D eigenvalue weighted by Crippen LogP contribution is 2.39. The zero-order valence-corrected chi connectivity index (χ0v) is 9.34. The van der Waals surface area contributed by atoms with E-state index in [1.807, 2.05) is 6.92 Å². The maximum absolute atomic E-state index is 10.7. The minimum Gasteiger partial charge on any atom is -0.481 e. The highest BCUT2D eigenvalue weighted by atomic mass is 16.4. The summed E-state index contributed by atoms with van der Waals surface area (Å²) in [5.41, 5.74) is 0.423. The Bertz CT molecular complexity index is 211. The van der Waals surface area contributed by atoms with Crippen molar-refractivity contribution < 1.29 is 9.90 Å². The standard InChI is InChI=1S/C11H21NO2/c1-8(10(13)14)9(2)12-7-11(3)5-4-6-11/h8-9,12H,4-7H2,1-3H3,(H,13,14). The van der Waals surface area contributed by atoms with Gasteiger partial charge in [0, 0.05) is 12.6 Å². The van der Waals surface area contributed by atoms with Gasteiger partial charge in [-0.1, -0.05) is 20.3 Å². The van der Waals surface area contributed by atoms with Gasteiger partial charge in [-0.15, -0.1) is 0 Å². The Balaban J connectivity index is 2.26. The van der Waals surface area contributed by atoms with E-state index in [4.69, 9.17) is 5.11 Å². The van der Waals surface area contributed by atoms with Gasteiger partial charge in [-0.25, -0.2) is 0 Å². The molecule has 1 aliphatic carbocycles. The lowest BCUT2D eigenvalue weighted by Crippen LogP contribution is -2.44. The molecule has 2 N–H and O–H groups in total. The third-order valence-corrected chi connectivity index (χ3v) is 3.55. The predicted octanol–water partition coefficient (Wildman–Crippen LogP) is 1.88. The van der Waals surface area contributed by atoms with Crippen LogP contribution in [0.4, 0.5) is 0 Å². The molecule has 2 atom stereocenters. The van der Waals surface area contributed by atoms with E-state index in [0.29, 0.717) is 5.41 Å². The molecule has 0 aliphatic heterocycles. The average Bonchev–Trinajstić information content (AvgIpc) is 2.09. The molecule has 1 fully saturated rings. The molecule has 82 valence electrons. The van der Waals surface area contributed by atoms with Crippen LogP contribution in [0.1, 0.15) is 40.0 Å². The van der Waals surface area contributed by atoms with Gasteiger partial charge in [0.25, 0.3) is 0 Å². The second-order valence-electron chi connectivity index (χ2n) is 4.96. The van der Waals surface area contributed by atoms with Crippen LogP contribution >= 0.6 is 0 Å². The van der Waals surface area contributed by atoms with Gasteiger partial charge in [0.1, 0.15) is 0 Å². The number of carboxylic acids is 1. The molecule has 3 heteroatoms. The lowest BCUT2D eigenvalue weighted by molar-refractivity contribution is -0.142. The van der Waals surface area contributed by atoms with E-state index < -0.39 is 5.97 Å². The molecule has 0 aromatic carbocycles. The van der Waals surface area contributed by atoms with E-state index in [1.54, 1.807) is 6.92 Å². The van der Waals surface area contributed by atoms with Crippen LogP contribution in [0.25, 0.3) is 0 Å². The van der Waals surface area contributed by atoms with Crippen molar-refractivity contribution in [3.05, 3.63) is 0 Å². The molecule has 2 unspecified atom stereocenters. The van der Waals surface area contributed by atoms with E-state index in [0.717, 1.165) is 6.54 Å². The maximum atomic E-state index is 10.7.